The predicted octanol–water partition coefficient (Wildman–Crippen LogP) is 5.39. The van der Waals surface area contributed by atoms with Crippen molar-refractivity contribution in [1.29, 1.82) is 0 Å². The lowest BCUT2D eigenvalue weighted by Gasteiger charge is -2.46. The van der Waals surface area contributed by atoms with Crippen molar-refractivity contribution in [3.63, 3.8) is 0 Å². The van der Waals surface area contributed by atoms with Crippen molar-refractivity contribution in [2.24, 2.45) is 18.9 Å². The van der Waals surface area contributed by atoms with E-state index in [-0.39, 0.29) is 11.7 Å². The minimum Gasteiger partial charge on any atom is -0.474 e. The monoisotopic (exact) mass is 607 g/mol. The molecule has 0 bridgehead atoms. The van der Waals surface area contributed by atoms with Gasteiger partial charge in [0.05, 0.1) is 22.2 Å². The molecule has 1 atom stereocenters. The second-order valence-electron chi connectivity index (χ2n) is 13.2. The number of aryl methyl sites for hydroxylation is 1. The van der Waals surface area contributed by atoms with Crippen LogP contribution in [-0.4, -0.2) is 53.2 Å². The van der Waals surface area contributed by atoms with E-state index in [0.29, 0.717) is 35.5 Å². The summed E-state index contributed by atoms with van der Waals surface area (Å²) in [5.74, 6) is 2.11. The second-order valence-corrected chi connectivity index (χ2v) is 13.2. The first-order valence-corrected chi connectivity index (χ1v) is 15.4. The number of likely N-dealkylation sites (tertiary alicyclic amines) is 1. The molecular formula is C32H36F3N7O2. The van der Waals surface area contributed by atoms with Gasteiger partial charge in [-0.3, -0.25) is 14.1 Å². The first-order valence-electron chi connectivity index (χ1n) is 15.4. The van der Waals surface area contributed by atoms with Crippen LogP contribution >= 0.6 is 0 Å². The van der Waals surface area contributed by atoms with Gasteiger partial charge < -0.3 is 9.30 Å². The summed E-state index contributed by atoms with van der Waals surface area (Å²) in [6, 6.07) is 4.88. The second kappa shape index (κ2) is 10.7. The average molecular weight is 608 g/mol. The summed E-state index contributed by atoms with van der Waals surface area (Å²) in [4.78, 5) is 25.1. The molecule has 12 heteroatoms. The lowest BCUT2D eigenvalue weighted by molar-refractivity contribution is -0.136. The van der Waals surface area contributed by atoms with Crippen molar-refractivity contribution in [3.8, 4) is 17.1 Å². The first-order chi connectivity index (χ1) is 21.0. The summed E-state index contributed by atoms with van der Waals surface area (Å²) < 4.78 is 52.0. The largest absolute Gasteiger partial charge is 0.474 e. The van der Waals surface area contributed by atoms with E-state index in [1.54, 1.807) is 6.33 Å². The molecule has 5 heterocycles. The number of rotatable bonds is 7. The van der Waals surface area contributed by atoms with Crippen LogP contribution in [0.4, 0.5) is 13.2 Å². The van der Waals surface area contributed by atoms with Gasteiger partial charge in [-0.1, -0.05) is 13.8 Å². The summed E-state index contributed by atoms with van der Waals surface area (Å²) in [5, 5.41) is 8.56. The maximum atomic E-state index is 14.3. The number of piperidine rings is 1. The highest BCUT2D eigenvalue weighted by molar-refractivity contribution is 5.63. The highest BCUT2D eigenvalue weighted by atomic mass is 19.4. The van der Waals surface area contributed by atoms with Crippen LogP contribution in [0.25, 0.3) is 16.9 Å². The fourth-order valence-electron chi connectivity index (χ4n) is 7.13. The van der Waals surface area contributed by atoms with E-state index in [1.807, 2.05) is 23.7 Å². The molecule has 2 aliphatic carbocycles. The van der Waals surface area contributed by atoms with Crippen molar-refractivity contribution < 1.29 is 17.9 Å². The van der Waals surface area contributed by atoms with Crippen LogP contribution < -0.4 is 10.3 Å². The number of alkyl halides is 3. The van der Waals surface area contributed by atoms with Crippen LogP contribution in [0.15, 0.2) is 41.7 Å². The van der Waals surface area contributed by atoms with Crippen molar-refractivity contribution in [1.82, 2.24) is 34.0 Å². The molecule has 7 rings (SSSR count). The van der Waals surface area contributed by atoms with E-state index >= 15 is 0 Å². The van der Waals surface area contributed by atoms with Gasteiger partial charge in [0.2, 0.25) is 5.88 Å². The normalized spacial score (nSPS) is 24.4. The summed E-state index contributed by atoms with van der Waals surface area (Å²) in [5.41, 5.74) is -0.663. The number of pyridine rings is 2. The highest BCUT2D eigenvalue weighted by Gasteiger charge is 2.49. The zero-order valence-electron chi connectivity index (χ0n) is 25.1. The van der Waals surface area contributed by atoms with Gasteiger partial charge in [0.15, 0.2) is 5.65 Å². The van der Waals surface area contributed by atoms with Gasteiger partial charge >= 0.3 is 6.18 Å². The zero-order chi connectivity index (χ0) is 30.8. The van der Waals surface area contributed by atoms with Crippen molar-refractivity contribution in [2.75, 3.05) is 13.1 Å². The molecule has 0 radical (unpaired) electrons. The van der Waals surface area contributed by atoms with Crippen LogP contribution in [-0.2, 0) is 25.2 Å². The molecule has 3 fully saturated rings. The molecule has 0 N–H and O–H groups in total. The lowest BCUT2D eigenvalue weighted by Crippen LogP contribution is -2.43. The Labute approximate surface area is 253 Å². The van der Waals surface area contributed by atoms with Crippen molar-refractivity contribution in [3.05, 3.63) is 69.8 Å². The van der Waals surface area contributed by atoms with Gasteiger partial charge in [0.25, 0.3) is 5.56 Å². The molecule has 4 aromatic heterocycles. The Balaban J connectivity index is 1.36. The molecule has 232 valence electrons. The van der Waals surface area contributed by atoms with Crippen LogP contribution in [0.1, 0.15) is 74.9 Å². The van der Waals surface area contributed by atoms with Crippen LogP contribution in [0, 0.1) is 11.8 Å². The van der Waals surface area contributed by atoms with E-state index in [4.69, 9.17) is 9.72 Å². The number of hydrogen-bond acceptors (Lipinski definition) is 7. The van der Waals surface area contributed by atoms with E-state index < -0.39 is 28.4 Å². The standard InChI is InChI=1S/C32H36F3N7O2/c1-19-5-4-8-41(15-19)16-21-9-25(32(33,34)35)28-36-14-24(29(43)42(28)17-21)26-10-22(11-27(38-26)44-23-6-7-23)31(12-20(2)13-31)30-39-37-18-40(30)3/h9-11,14,17-20,23H,4-8,12-13,15-16H2,1-3H3/t19-,20?,31?/m0/s1. The maximum Gasteiger partial charge on any atom is 0.419 e. The van der Waals surface area contributed by atoms with E-state index in [1.165, 1.54) is 12.4 Å². The van der Waals surface area contributed by atoms with E-state index in [9.17, 15) is 18.0 Å². The summed E-state index contributed by atoms with van der Waals surface area (Å²) in [7, 11) is 1.91. The molecule has 1 aliphatic heterocycles. The third kappa shape index (κ3) is 5.27. The number of fused-ring (bicyclic) bond motifs is 1. The van der Waals surface area contributed by atoms with Crippen LogP contribution in [0.3, 0.4) is 0 Å². The highest BCUT2D eigenvalue weighted by Crippen LogP contribution is 2.52. The average Bonchev–Trinajstić information content (AvgIpc) is 3.66. The third-order valence-electron chi connectivity index (χ3n) is 9.29. The summed E-state index contributed by atoms with van der Waals surface area (Å²) >= 11 is 0. The van der Waals surface area contributed by atoms with Gasteiger partial charge in [-0.05, 0) is 80.2 Å². The smallest absolute Gasteiger partial charge is 0.419 e. The van der Waals surface area contributed by atoms with Gasteiger partial charge in [0, 0.05) is 38.6 Å². The Morgan fingerprint density at radius 1 is 1.09 bits per heavy atom. The van der Waals surface area contributed by atoms with Gasteiger partial charge in [-0.15, -0.1) is 10.2 Å². The molecule has 4 aromatic rings. The number of nitrogens with zero attached hydrogens (tertiary/aromatic N) is 7. The molecule has 44 heavy (non-hydrogen) atoms. The first kappa shape index (κ1) is 28.9. The molecule has 0 spiro atoms. The van der Waals surface area contributed by atoms with Gasteiger partial charge in [-0.25, -0.2) is 9.97 Å². The third-order valence-corrected chi connectivity index (χ3v) is 9.29. The molecule has 0 amide bonds. The Bertz CT molecular complexity index is 1770. The van der Waals surface area contributed by atoms with E-state index in [2.05, 4.69) is 33.9 Å². The Hall–Kier alpha value is -3.80. The number of halogens is 3. The number of ether oxygens (including phenoxy) is 1. The minimum absolute atomic E-state index is 0.0573. The van der Waals surface area contributed by atoms with E-state index in [0.717, 1.165) is 73.5 Å². The Morgan fingerprint density at radius 3 is 2.55 bits per heavy atom. The fourth-order valence-corrected chi connectivity index (χ4v) is 7.13. The fraction of sp³-hybridized carbons (Fsp3) is 0.531. The molecule has 2 saturated carbocycles. The molecule has 0 unspecified atom stereocenters. The zero-order valence-corrected chi connectivity index (χ0v) is 25.1. The topological polar surface area (TPSA) is 90.4 Å². The lowest BCUT2D eigenvalue weighted by atomic mass is 9.58. The summed E-state index contributed by atoms with van der Waals surface area (Å²) in [6.45, 7) is 6.27. The van der Waals surface area contributed by atoms with Gasteiger partial charge in [0.1, 0.15) is 18.3 Å². The quantitative estimate of drug-likeness (QED) is 0.278. The SMILES string of the molecule is CC1CC(c2cc(OC3CC3)nc(-c3cnc4c(C(F)(F)F)cc(CN5CCC[C@H](C)C5)cn4c3=O)c2)(c2nncn2C)C1. The van der Waals surface area contributed by atoms with Crippen LogP contribution in [0.2, 0.25) is 0 Å². The minimum atomic E-state index is -4.68. The maximum absolute atomic E-state index is 14.3. The van der Waals surface area contributed by atoms with Crippen molar-refractivity contribution in [2.45, 2.75) is 76.6 Å². The Kier molecular flexibility index (Phi) is 7.02. The Morgan fingerprint density at radius 2 is 1.89 bits per heavy atom. The van der Waals surface area contributed by atoms with Crippen molar-refractivity contribution >= 4 is 5.65 Å². The molecule has 1 saturated heterocycles. The van der Waals surface area contributed by atoms with Gasteiger partial charge in [-0.2, -0.15) is 13.2 Å². The number of aromatic nitrogens is 6. The number of hydrogen-bond donors (Lipinski definition) is 0. The summed E-state index contributed by atoms with van der Waals surface area (Å²) in [6.07, 6.45) is 5.36. The predicted molar refractivity (Wildman–Crippen MR) is 157 cm³/mol. The van der Waals surface area contributed by atoms with Crippen LogP contribution in [0.5, 0.6) is 5.88 Å². The molecule has 0 aromatic carbocycles. The molecular weight excluding hydrogens is 571 g/mol. The molecule has 9 nitrogen and oxygen atoms in total. The molecule has 3 aliphatic rings.